The van der Waals surface area contributed by atoms with Crippen LogP contribution in [-0.2, 0) is 0 Å². The SMILES string of the molecule is [2H]c1c([2H])c([2H])c(-c2c(-c3c4ccccc4c(-c4c([2H])c([2H])c(-c5ccccc5)c([2H])c4[2H])c4ccccc34)ccc3oc4ccccc4c23)c([2H])c1[2H]. The Kier molecular flexibility index (Phi) is 4.15. The van der Waals surface area contributed by atoms with E-state index in [0.29, 0.717) is 49.6 Å². The molecule has 1 heteroatoms. The summed E-state index contributed by atoms with van der Waals surface area (Å²) in [5, 5.41) is 4.11. The maximum Gasteiger partial charge on any atom is 0.136 e. The number of para-hydroxylation sites is 1. The van der Waals surface area contributed by atoms with E-state index in [2.05, 4.69) is 0 Å². The Labute approximate surface area is 274 Å². The molecule has 0 aliphatic carbocycles. The van der Waals surface area contributed by atoms with Gasteiger partial charge < -0.3 is 4.42 Å². The van der Waals surface area contributed by atoms with Crippen molar-refractivity contribution < 1.29 is 16.8 Å². The zero-order valence-electron chi connectivity index (χ0n) is 32.9. The number of hydrogen-bond acceptors (Lipinski definition) is 1. The number of fused-ring (bicyclic) bond motifs is 5. The van der Waals surface area contributed by atoms with Gasteiger partial charge in [0.1, 0.15) is 11.2 Å². The molecule has 9 aromatic rings. The topological polar surface area (TPSA) is 13.1 Å². The molecule has 1 heterocycles. The molecule has 0 saturated heterocycles. The summed E-state index contributed by atoms with van der Waals surface area (Å²) in [6.45, 7) is 0. The Morgan fingerprint density at radius 3 is 1.56 bits per heavy atom. The van der Waals surface area contributed by atoms with Gasteiger partial charge in [0.25, 0.3) is 0 Å². The third kappa shape index (κ3) is 4.09. The van der Waals surface area contributed by atoms with Gasteiger partial charge in [-0.25, -0.2) is 0 Å². The molecule has 0 radical (unpaired) electrons. The van der Waals surface area contributed by atoms with Crippen molar-refractivity contribution in [3.63, 3.8) is 0 Å². The van der Waals surface area contributed by atoms with E-state index in [1.165, 1.54) is 0 Å². The zero-order chi connectivity index (χ0) is 37.6. The number of rotatable bonds is 4. The van der Waals surface area contributed by atoms with Gasteiger partial charge in [-0.2, -0.15) is 0 Å². The first-order valence-electron chi connectivity index (χ1n) is 19.2. The first-order valence-corrected chi connectivity index (χ1v) is 14.7. The first-order chi connectivity index (χ1) is 26.1. The predicted molar refractivity (Wildman–Crippen MR) is 190 cm³/mol. The van der Waals surface area contributed by atoms with Crippen molar-refractivity contribution >= 4 is 43.5 Å². The van der Waals surface area contributed by atoms with Gasteiger partial charge in [-0.1, -0.05) is 151 Å². The highest BCUT2D eigenvalue weighted by molar-refractivity contribution is 6.25. The van der Waals surface area contributed by atoms with E-state index in [1.54, 1.807) is 24.3 Å². The van der Waals surface area contributed by atoms with Gasteiger partial charge in [0, 0.05) is 16.3 Å². The summed E-state index contributed by atoms with van der Waals surface area (Å²) in [6.07, 6.45) is 0. The van der Waals surface area contributed by atoms with Crippen molar-refractivity contribution in [2.45, 2.75) is 0 Å². The van der Waals surface area contributed by atoms with E-state index in [9.17, 15) is 2.74 Å². The summed E-state index contributed by atoms with van der Waals surface area (Å²) in [6, 6.07) is 32.6. The Hall–Kier alpha value is -5.92. The lowest BCUT2D eigenvalue weighted by atomic mass is 9.82. The summed E-state index contributed by atoms with van der Waals surface area (Å²) in [5.74, 6) is 0. The van der Waals surface area contributed by atoms with E-state index >= 15 is 0 Å². The van der Waals surface area contributed by atoms with Crippen LogP contribution >= 0.6 is 0 Å². The largest absolute Gasteiger partial charge is 0.456 e. The second-order valence-corrected chi connectivity index (χ2v) is 10.9. The highest BCUT2D eigenvalue weighted by Gasteiger charge is 2.22. The summed E-state index contributed by atoms with van der Waals surface area (Å²) in [5.41, 5.74) is 4.40. The van der Waals surface area contributed by atoms with Crippen LogP contribution in [0.3, 0.4) is 0 Å². The van der Waals surface area contributed by atoms with Crippen molar-refractivity contribution in [2.24, 2.45) is 0 Å². The Morgan fingerprint density at radius 2 is 0.889 bits per heavy atom. The summed E-state index contributed by atoms with van der Waals surface area (Å²) < 4.78 is 87.0. The van der Waals surface area contributed by atoms with Crippen LogP contribution in [0.5, 0.6) is 0 Å². The maximum absolute atomic E-state index is 9.34. The van der Waals surface area contributed by atoms with Gasteiger partial charge in [-0.3, -0.25) is 0 Å². The normalized spacial score (nSPS) is 14.4. The first kappa shape index (κ1) is 18.0. The van der Waals surface area contributed by atoms with Crippen LogP contribution in [0.4, 0.5) is 0 Å². The van der Waals surface area contributed by atoms with Crippen LogP contribution in [0, 0.1) is 0 Å². The summed E-state index contributed by atoms with van der Waals surface area (Å²) in [7, 11) is 0. The van der Waals surface area contributed by atoms with Crippen LogP contribution in [0.25, 0.3) is 88.0 Å². The van der Waals surface area contributed by atoms with Crippen LogP contribution < -0.4 is 0 Å². The summed E-state index contributed by atoms with van der Waals surface area (Å²) >= 11 is 0. The lowest BCUT2D eigenvalue weighted by Crippen LogP contribution is -1.93. The standard InChI is InChI=1S/C44H28O/c1-3-13-29(14-4-1)30-23-25-32(26-24-30)41-33-17-7-9-19-35(33)43(36-20-10-8-18-34(36)41)38-27-28-40-44(37-21-11-12-22-39(37)45-40)42(38)31-15-5-2-6-16-31/h1-28H/i2D,5D,6D,15D,16D,23D,24D,25D,26D. The van der Waals surface area contributed by atoms with Crippen LogP contribution in [-0.4, -0.2) is 0 Å². The van der Waals surface area contributed by atoms with E-state index in [-0.39, 0.29) is 52.9 Å². The van der Waals surface area contributed by atoms with E-state index in [1.807, 2.05) is 91.0 Å². The lowest BCUT2D eigenvalue weighted by Gasteiger charge is -2.20. The number of hydrogen-bond donors (Lipinski definition) is 0. The molecule has 0 amide bonds. The molecule has 0 N–H and O–H groups in total. The van der Waals surface area contributed by atoms with Gasteiger partial charge in [0.15, 0.2) is 0 Å². The number of furan rings is 1. The molecule has 0 saturated carbocycles. The van der Waals surface area contributed by atoms with E-state index in [4.69, 9.17) is 14.0 Å². The molecule has 0 unspecified atom stereocenters. The molecule has 0 aliphatic rings. The minimum absolute atomic E-state index is 0.0430. The average molecular weight is 582 g/mol. The molecule has 45 heavy (non-hydrogen) atoms. The molecule has 0 atom stereocenters. The van der Waals surface area contributed by atoms with Crippen molar-refractivity contribution in [2.75, 3.05) is 0 Å². The molecule has 0 aliphatic heterocycles. The molecule has 0 bridgehead atoms. The fourth-order valence-corrected chi connectivity index (χ4v) is 6.53. The van der Waals surface area contributed by atoms with Gasteiger partial charge in [0.05, 0.1) is 12.3 Å². The highest BCUT2D eigenvalue weighted by Crippen LogP contribution is 2.49. The third-order valence-corrected chi connectivity index (χ3v) is 8.43. The highest BCUT2D eigenvalue weighted by atomic mass is 16.3. The third-order valence-electron chi connectivity index (χ3n) is 8.43. The zero-order valence-corrected chi connectivity index (χ0v) is 23.9. The molecule has 0 fully saturated rings. The quantitative estimate of drug-likeness (QED) is 0.188. The predicted octanol–water partition coefficient (Wildman–Crippen LogP) is 12.6. The second kappa shape index (κ2) is 10.4. The van der Waals surface area contributed by atoms with Crippen molar-refractivity contribution in [1.29, 1.82) is 0 Å². The fraction of sp³-hybridized carbons (Fsp3) is 0. The second-order valence-electron chi connectivity index (χ2n) is 10.9. The molecular formula is C44H28O. The smallest absolute Gasteiger partial charge is 0.136 e. The monoisotopic (exact) mass is 581 g/mol. The molecule has 210 valence electrons. The minimum Gasteiger partial charge on any atom is -0.456 e. The van der Waals surface area contributed by atoms with Gasteiger partial charge in [-0.05, 0) is 78.7 Å². The van der Waals surface area contributed by atoms with Crippen LogP contribution in [0.15, 0.2) is 174 Å². The van der Waals surface area contributed by atoms with Crippen LogP contribution in [0.2, 0.25) is 0 Å². The maximum atomic E-state index is 9.34. The Balaban J connectivity index is 1.46. The Morgan fingerprint density at radius 1 is 0.356 bits per heavy atom. The van der Waals surface area contributed by atoms with Crippen LogP contribution in [0.1, 0.15) is 12.3 Å². The van der Waals surface area contributed by atoms with Gasteiger partial charge in [0.2, 0.25) is 0 Å². The van der Waals surface area contributed by atoms with Gasteiger partial charge >= 0.3 is 0 Å². The van der Waals surface area contributed by atoms with Crippen molar-refractivity contribution in [3.8, 4) is 44.5 Å². The summed E-state index contributed by atoms with van der Waals surface area (Å²) in [4.78, 5) is 0. The molecule has 1 aromatic heterocycles. The van der Waals surface area contributed by atoms with E-state index < -0.39 is 18.1 Å². The molecular weight excluding hydrogens is 544 g/mol. The lowest BCUT2D eigenvalue weighted by molar-refractivity contribution is 0.669. The molecule has 1 nitrogen and oxygen atoms in total. The molecule has 0 spiro atoms. The van der Waals surface area contributed by atoms with Crippen molar-refractivity contribution in [1.82, 2.24) is 0 Å². The van der Waals surface area contributed by atoms with Crippen molar-refractivity contribution in [3.05, 3.63) is 170 Å². The molecule has 9 rings (SSSR count). The van der Waals surface area contributed by atoms with Gasteiger partial charge in [-0.15, -0.1) is 0 Å². The minimum atomic E-state index is -0.488. The fourth-order valence-electron chi connectivity index (χ4n) is 6.53. The van der Waals surface area contributed by atoms with E-state index in [0.717, 1.165) is 21.7 Å². The Bertz CT molecular complexity index is 2930. The number of benzene rings is 8. The molecule has 8 aromatic carbocycles. The average Bonchev–Trinajstić information content (AvgIpc) is 3.58.